The molecule has 0 amide bonds. The Morgan fingerprint density at radius 1 is 1.15 bits per heavy atom. The van der Waals surface area contributed by atoms with Crippen LogP contribution in [0.25, 0.3) is 0 Å². The monoisotopic (exact) mass is 510 g/mol. The molecule has 0 saturated heterocycles. The minimum absolute atomic E-state index is 0.0150. The van der Waals surface area contributed by atoms with E-state index in [1.807, 2.05) is 19.9 Å². The molecule has 34 heavy (non-hydrogen) atoms. The van der Waals surface area contributed by atoms with Crippen molar-refractivity contribution in [1.82, 2.24) is 14.5 Å². The van der Waals surface area contributed by atoms with Crippen molar-refractivity contribution in [3.8, 4) is 0 Å². The number of halogens is 7. The van der Waals surface area contributed by atoms with Crippen LogP contribution in [0.15, 0.2) is 22.4 Å². The number of alkyl halides is 6. The lowest BCUT2D eigenvalue weighted by Gasteiger charge is -2.36. The summed E-state index contributed by atoms with van der Waals surface area (Å²) in [7, 11) is 0. The van der Waals surface area contributed by atoms with Gasteiger partial charge in [-0.1, -0.05) is 36.9 Å². The molecule has 1 saturated carbocycles. The van der Waals surface area contributed by atoms with Crippen LogP contribution in [0.5, 0.6) is 0 Å². The van der Waals surface area contributed by atoms with Crippen LogP contribution < -0.4 is 4.90 Å². The quantitative estimate of drug-likeness (QED) is 0.381. The van der Waals surface area contributed by atoms with Gasteiger partial charge in [0.2, 0.25) is 5.95 Å². The number of anilines is 1. The topological polar surface area (TPSA) is 24.3 Å². The fourth-order valence-corrected chi connectivity index (χ4v) is 5.50. The second-order valence-corrected chi connectivity index (χ2v) is 10.2. The van der Waals surface area contributed by atoms with Gasteiger partial charge in [0.15, 0.2) is 5.69 Å². The van der Waals surface area contributed by atoms with Crippen molar-refractivity contribution in [1.29, 1.82) is 0 Å². The second kappa shape index (κ2) is 9.41. The molecule has 2 aliphatic carbocycles. The minimum Gasteiger partial charge on any atom is -0.314 e. The van der Waals surface area contributed by atoms with Gasteiger partial charge < -0.3 is 9.47 Å². The Morgan fingerprint density at radius 2 is 1.85 bits per heavy atom. The molecule has 1 atom stereocenters. The average Bonchev–Trinajstić information content (AvgIpc) is 3.44. The fraction of sp³-hybridized carbons (Fsp3) is 0.696. The number of aromatic nitrogens is 2. The van der Waals surface area contributed by atoms with E-state index < -0.39 is 31.1 Å². The molecule has 0 spiro atoms. The van der Waals surface area contributed by atoms with E-state index in [1.165, 1.54) is 4.57 Å². The zero-order chi connectivity index (χ0) is 24.8. The second-order valence-electron chi connectivity index (χ2n) is 9.75. The molecule has 0 aromatic carbocycles. The maximum atomic E-state index is 14.0. The molecule has 3 aliphatic rings. The van der Waals surface area contributed by atoms with Gasteiger partial charge in [0.1, 0.15) is 0 Å². The largest absolute Gasteiger partial charge is 0.435 e. The highest BCUT2D eigenvalue weighted by atomic mass is 35.5. The van der Waals surface area contributed by atoms with Crippen molar-refractivity contribution in [3.63, 3.8) is 0 Å². The van der Waals surface area contributed by atoms with E-state index in [2.05, 4.69) is 4.98 Å². The molecule has 0 radical (unpaired) electrons. The molecule has 11 heteroatoms. The van der Waals surface area contributed by atoms with E-state index in [0.29, 0.717) is 36.0 Å². The SMILES string of the molecule is CC1=CC(Cl)=C(N2CCCn3c2nc(C(F)(F)F)c3CN(CCC2CC2)CC(F)(F)F)C(C)C1. The van der Waals surface area contributed by atoms with Crippen LogP contribution in [0.3, 0.4) is 0 Å². The number of nitrogens with zero attached hydrogens (tertiary/aromatic N) is 4. The van der Waals surface area contributed by atoms with E-state index in [4.69, 9.17) is 11.6 Å². The number of rotatable bonds is 7. The Kier molecular flexibility index (Phi) is 7.03. The van der Waals surface area contributed by atoms with Crippen molar-refractivity contribution in [2.24, 2.45) is 11.8 Å². The van der Waals surface area contributed by atoms with E-state index >= 15 is 0 Å². The molecule has 190 valence electrons. The molecule has 1 unspecified atom stereocenters. The molecule has 2 heterocycles. The van der Waals surface area contributed by atoms with Crippen LogP contribution in [0.2, 0.25) is 0 Å². The van der Waals surface area contributed by atoms with Crippen LogP contribution in [-0.2, 0) is 19.3 Å². The number of fused-ring (bicyclic) bond motifs is 1. The summed E-state index contributed by atoms with van der Waals surface area (Å²) in [5.41, 5.74) is 0.468. The van der Waals surface area contributed by atoms with Crippen molar-refractivity contribution in [3.05, 3.63) is 33.8 Å². The Hall–Kier alpha value is -1.68. The number of hydrogen-bond acceptors (Lipinski definition) is 3. The minimum atomic E-state index is -4.78. The predicted octanol–water partition coefficient (Wildman–Crippen LogP) is 6.71. The van der Waals surface area contributed by atoms with Gasteiger partial charge in [-0.3, -0.25) is 4.90 Å². The summed E-state index contributed by atoms with van der Waals surface area (Å²) in [6.45, 7) is 3.02. The lowest BCUT2D eigenvalue weighted by molar-refractivity contribution is -0.149. The molecule has 1 aromatic heterocycles. The highest BCUT2D eigenvalue weighted by Crippen LogP contribution is 2.41. The van der Waals surface area contributed by atoms with Crippen LogP contribution >= 0.6 is 11.6 Å². The molecule has 1 aromatic rings. The van der Waals surface area contributed by atoms with Gasteiger partial charge >= 0.3 is 12.4 Å². The first-order chi connectivity index (χ1) is 15.8. The van der Waals surface area contributed by atoms with E-state index in [0.717, 1.165) is 29.7 Å². The van der Waals surface area contributed by atoms with Crippen molar-refractivity contribution >= 4 is 17.5 Å². The van der Waals surface area contributed by atoms with Crippen LogP contribution in [0.4, 0.5) is 32.3 Å². The maximum Gasteiger partial charge on any atom is 0.435 e. The van der Waals surface area contributed by atoms with Gasteiger partial charge in [-0.05, 0) is 44.7 Å². The van der Waals surface area contributed by atoms with Gasteiger partial charge in [-0.2, -0.15) is 26.3 Å². The summed E-state index contributed by atoms with van der Waals surface area (Å²) in [6, 6.07) is 0. The Labute approximate surface area is 200 Å². The molecule has 1 aliphatic heterocycles. The summed E-state index contributed by atoms with van der Waals surface area (Å²) in [5, 5.41) is 0.464. The van der Waals surface area contributed by atoms with Crippen molar-refractivity contribution in [2.45, 2.75) is 71.4 Å². The van der Waals surface area contributed by atoms with Gasteiger partial charge in [-0.25, -0.2) is 4.98 Å². The number of allylic oxidation sites excluding steroid dienone is 4. The standard InChI is InChI=1S/C23H29ClF6N4/c1-14-10-15(2)19(17(24)11-14)34-8-3-7-33-18(20(23(28,29)30)31-21(33)34)12-32(13-22(25,26)27)9-6-16-4-5-16/h11,15-16H,3-10,12-13H2,1-2H3. The zero-order valence-electron chi connectivity index (χ0n) is 19.2. The van der Waals surface area contributed by atoms with Gasteiger partial charge in [-0.15, -0.1) is 0 Å². The summed E-state index contributed by atoms with van der Waals surface area (Å²) >= 11 is 6.51. The van der Waals surface area contributed by atoms with Gasteiger partial charge in [0.05, 0.1) is 17.3 Å². The third kappa shape index (κ3) is 5.75. The summed E-state index contributed by atoms with van der Waals surface area (Å²) in [5.74, 6) is 0.459. The van der Waals surface area contributed by atoms with E-state index in [9.17, 15) is 26.3 Å². The van der Waals surface area contributed by atoms with Crippen LogP contribution in [0, 0.1) is 11.8 Å². The first-order valence-electron chi connectivity index (χ1n) is 11.6. The smallest absolute Gasteiger partial charge is 0.314 e. The van der Waals surface area contributed by atoms with Crippen LogP contribution in [-0.4, -0.2) is 40.3 Å². The summed E-state index contributed by atoms with van der Waals surface area (Å²) in [4.78, 5) is 6.77. The van der Waals surface area contributed by atoms with E-state index in [1.54, 1.807) is 4.90 Å². The Morgan fingerprint density at radius 3 is 2.44 bits per heavy atom. The third-order valence-electron chi connectivity index (χ3n) is 6.66. The molecule has 1 fully saturated rings. The van der Waals surface area contributed by atoms with E-state index in [-0.39, 0.29) is 30.6 Å². The lowest BCUT2D eigenvalue weighted by atomic mass is 9.92. The van der Waals surface area contributed by atoms with Gasteiger partial charge in [0.25, 0.3) is 0 Å². The highest BCUT2D eigenvalue weighted by molar-refractivity contribution is 6.32. The number of imidazole rings is 1. The van der Waals surface area contributed by atoms with Crippen LogP contribution in [0.1, 0.15) is 57.3 Å². The normalized spacial score (nSPS) is 21.9. The molecule has 0 bridgehead atoms. The third-order valence-corrected chi connectivity index (χ3v) is 6.96. The van der Waals surface area contributed by atoms with Crippen molar-refractivity contribution < 1.29 is 26.3 Å². The predicted molar refractivity (Wildman–Crippen MR) is 118 cm³/mol. The Balaban J connectivity index is 1.72. The molecular weight excluding hydrogens is 482 g/mol. The fourth-order valence-electron chi connectivity index (χ4n) is 5.03. The van der Waals surface area contributed by atoms with Gasteiger partial charge in [0, 0.05) is 31.2 Å². The lowest BCUT2D eigenvalue weighted by Crippen LogP contribution is -2.38. The highest BCUT2D eigenvalue weighted by Gasteiger charge is 2.43. The zero-order valence-corrected chi connectivity index (χ0v) is 20.0. The molecule has 4 rings (SSSR count). The maximum absolute atomic E-state index is 14.0. The number of hydrogen-bond donors (Lipinski definition) is 0. The summed E-state index contributed by atoms with van der Waals surface area (Å²) in [6.07, 6.45) is -3.72. The Bertz CT molecular complexity index is 973. The first kappa shape index (κ1) is 25.4. The molecule has 4 nitrogen and oxygen atoms in total. The molecular formula is C23H29ClF6N4. The summed E-state index contributed by atoms with van der Waals surface area (Å²) < 4.78 is 83.3. The molecule has 0 N–H and O–H groups in total. The first-order valence-corrected chi connectivity index (χ1v) is 12.0. The van der Waals surface area contributed by atoms with Crippen molar-refractivity contribution in [2.75, 3.05) is 24.5 Å². The average molecular weight is 511 g/mol.